The lowest BCUT2D eigenvalue weighted by molar-refractivity contribution is -0.731. The molecule has 0 saturated heterocycles. The Morgan fingerprint density at radius 3 is 2.13 bits per heavy atom. The van der Waals surface area contributed by atoms with E-state index < -0.39 is 57.9 Å². The van der Waals surface area contributed by atoms with E-state index in [0.29, 0.717) is 6.07 Å². The first-order valence-electron chi connectivity index (χ1n) is 7.90. The molecule has 15 heteroatoms. The van der Waals surface area contributed by atoms with E-state index in [-0.39, 0.29) is 23.3 Å². The summed E-state index contributed by atoms with van der Waals surface area (Å²) in [5.74, 6) is -2.39. The minimum atomic E-state index is -10.5. The molecule has 1 N–H and O–H groups in total. The summed E-state index contributed by atoms with van der Waals surface area (Å²) in [5.41, 5.74) is -1.85. The third-order valence-corrected chi connectivity index (χ3v) is 6.15. The summed E-state index contributed by atoms with van der Waals surface area (Å²) >= 11 is 0. The van der Waals surface area contributed by atoms with Gasteiger partial charge in [-0.05, 0) is 30.7 Å². The third kappa shape index (κ3) is 5.41. The number of methoxy groups -OCH3 is 1. The van der Waals surface area contributed by atoms with Crippen LogP contribution in [0.25, 0.3) is 0 Å². The monoisotopic (exact) mass is 492 g/mol. The second kappa shape index (κ2) is 6.78. The second-order valence-electron chi connectivity index (χ2n) is 6.35. The highest BCUT2D eigenvalue weighted by Gasteiger charge is 2.69. The van der Waals surface area contributed by atoms with Crippen LogP contribution < -0.4 is 4.74 Å². The number of benzene rings is 2. The number of sulfone groups is 1. The number of esters is 1. The Bertz CT molecular complexity index is 1210. The van der Waals surface area contributed by atoms with Crippen LogP contribution in [0.4, 0.5) is 25.1 Å². The van der Waals surface area contributed by atoms with Crippen molar-refractivity contribution in [2.75, 3.05) is 13.4 Å². The molecular weight excluding hydrogens is 477 g/mol. The van der Waals surface area contributed by atoms with Crippen LogP contribution in [0.2, 0.25) is 0 Å². The lowest BCUT2D eigenvalue weighted by Crippen LogP contribution is -2.11. The Labute approximate surface area is 172 Å². The summed E-state index contributed by atoms with van der Waals surface area (Å²) in [7, 11) is -13.5. The van der Waals surface area contributed by atoms with Gasteiger partial charge in [-0.2, -0.15) is 0 Å². The van der Waals surface area contributed by atoms with Gasteiger partial charge in [0, 0.05) is 18.4 Å². The van der Waals surface area contributed by atoms with E-state index in [9.17, 15) is 37.5 Å². The van der Waals surface area contributed by atoms with E-state index >= 15 is 0 Å². The molecule has 31 heavy (non-hydrogen) atoms. The first kappa shape index (κ1) is 24.3. The molecule has 172 valence electrons. The average molecular weight is 492 g/mol. The largest absolute Gasteiger partial charge is 0.465 e. The zero-order valence-electron chi connectivity index (χ0n) is 15.9. The van der Waals surface area contributed by atoms with Gasteiger partial charge in [0.25, 0.3) is 4.92 Å². The third-order valence-electron chi connectivity index (χ3n) is 3.88. The van der Waals surface area contributed by atoms with Crippen LogP contribution in [0.5, 0.6) is 11.5 Å². The minimum absolute atomic E-state index is 0.111. The maximum Gasteiger partial charge on any atom is 0.339 e. The standard InChI is InChI=1S/C16H15F5NO7S2/c1-9-6-13(14(30(3,26)27)8-11(9)16(23)28-2)29-10-4-5-12(22(24)25)15(7-10)31(17,18,19,20)21/h4-8H,1-3H3,(H,24,25)/q+1. The zero-order valence-corrected chi connectivity index (χ0v) is 17.6. The molecule has 2 aromatic rings. The number of carbonyl (C=O) groups excluding carboxylic acids is 1. The molecule has 0 unspecified atom stereocenters. The first-order valence-corrected chi connectivity index (χ1v) is 11.7. The first-order chi connectivity index (χ1) is 13.7. The molecule has 2 aromatic carbocycles. The van der Waals surface area contributed by atoms with Crippen molar-refractivity contribution >= 4 is 31.7 Å². The maximum atomic E-state index is 13.3. The second-order valence-corrected chi connectivity index (χ2v) is 10.7. The van der Waals surface area contributed by atoms with Crippen LogP contribution in [0.1, 0.15) is 15.9 Å². The van der Waals surface area contributed by atoms with Crippen LogP contribution in [-0.4, -0.2) is 37.9 Å². The van der Waals surface area contributed by atoms with Crippen molar-refractivity contribution in [2.45, 2.75) is 16.7 Å². The summed E-state index contributed by atoms with van der Waals surface area (Å²) in [4.78, 5) is 18.0. The topological polar surface area (TPSA) is 110 Å². The molecular formula is C16H15F5NO7S2+. The van der Waals surface area contributed by atoms with E-state index in [0.717, 1.165) is 25.5 Å². The molecule has 0 spiro atoms. The van der Waals surface area contributed by atoms with Crippen molar-refractivity contribution in [1.82, 2.24) is 0 Å². The number of hydrogen-bond donors (Lipinski definition) is 1. The highest BCUT2D eigenvalue weighted by atomic mass is 32.5. The van der Waals surface area contributed by atoms with Crippen molar-refractivity contribution in [3.8, 4) is 11.5 Å². The number of aryl methyl sites for hydroxylation is 1. The summed E-state index contributed by atoms with van der Waals surface area (Å²) in [6.07, 6.45) is 0.718. The molecule has 0 aliphatic heterocycles. The van der Waals surface area contributed by atoms with E-state index in [1.54, 1.807) is 0 Å². The van der Waals surface area contributed by atoms with E-state index in [1.165, 1.54) is 6.92 Å². The number of ether oxygens (including phenoxy) is 2. The van der Waals surface area contributed by atoms with Crippen molar-refractivity contribution in [2.24, 2.45) is 0 Å². The lowest BCUT2D eigenvalue weighted by atomic mass is 10.1. The maximum absolute atomic E-state index is 13.3. The molecule has 0 bridgehead atoms. The van der Waals surface area contributed by atoms with Crippen molar-refractivity contribution in [3.63, 3.8) is 0 Å². The Morgan fingerprint density at radius 2 is 1.68 bits per heavy atom. The van der Waals surface area contributed by atoms with Crippen LogP contribution >= 0.6 is 10.2 Å². The lowest BCUT2D eigenvalue weighted by Gasteiger charge is -2.39. The van der Waals surface area contributed by atoms with Crippen molar-refractivity contribution in [3.05, 3.63) is 46.4 Å². The van der Waals surface area contributed by atoms with Gasteiger partial charge < -0.3 is 9.47 Å². The fourth-order valence-corrected chi connectivity index (χ4v) is 4.19. The van der Waals surface area contributed by atoms with Gasteiger partial charge in [-0.1, -0.05) is 19.4 Å². The highest BCUT2D eigenvalue weighted by molar-refractivity contribution is 8.45. The highest BCUT2D eigenvalue weighted by Crippen LogP contribution is 3.03. The number of hydrogen-bond acceptors (Lipinski definition) is 6. The Kier molecular flexibility index (Phi) is 5.32. The van der Waals surface area contributed by atoms with Crippen LogP contribution in [0, 0.1) is 11.8 Å². The molecule has 0 amide bonds. The Morgan fingerprint density at radius 1 is 1.10 bits per heavy atom. The quantitative estimate of drug-likeness (QED) is 0.325. The van der Waals surface area contributed by atoms with Crippen molar-refractivity contribution < 1.29 is 52.2 Å². The van der Waals surface area contributed by atoms with Crippen LogP contribution in [0.3, 0.4) is 0 Å². The number of halogens is 5. The zero-order chi connectivity index (χ0) is 24.1. The van der Waals surface area contributed by atoms with Crippen LogP contribution in [0.15, 0.2) is 40.1 Å². The summed E-state index contributed by atoms with van der Waals surface area (Å²) in [6, 6.07) is 2.47. The van der Waals surface area contributed by atoms with E-state index in [1.807, 2.05) is 0 Å². The van der Waals surface area contributed by atoms with E-state index in [4.69, 9.17) is 9.94 Å². The van der Waals surface area contributed by atoms with E-state index in [2.05, 4.69) is 4.74 Å². The fourth-order valence-electron chi connectivity index (χ4n) is 2.51. The molecule has 0 aromatic heterocycles. The Hall–Kier alpha value is -2.94. The molecule has 0 heterocycles. The number of nitrogens with zero attached hydrogens (tertiary/aromatic N) is 1. The smallest absolute Gasteiger partial charge is 0.339 e. The van der Waals surface area contributed by atoms with Gasteiger partial charge in [0.2, 0.25) is 0 Å². The molecule has 2 rings (SSSR count). The summed E-state index contributed by atoms with van der Waals surface area (Å²) in [6.45, 7) is 1.34. The van der Waals surface area contributed by atoms with Gasteiger partial charge in [-0.3, -0.25) is 0 Å². The molecule has 0 aliphatic carbocycles. The van der Waals surface area contributed by atoms with Crippen molar-refractivity contribution in [1.29, 1.82) is 0 Å². The van der Waals surface area contributed by atoms with Crippen LogP contribution in [-0.2, 0) is 14.6 Å². The number of rotatable bonds is 6. The molecule has 0 atom stereocenters. The Balaban J connectivity index is 2.74. The minimum Gasteiger partial charge on any atom is -0.465 e. The predicted molar refractivity (Wildman–Crippen MR) is 98.6 cm³/mol. The molecule has 0 radical (unpaired) electrons. The molecule has 0 fully saturated rings. The molecule has 8 nitrogen and oxygen atoms in total. The summed E-state index contributed by atoms with van der Waals surface area (Å²) < 4.78 is 100. The normalized spacial score (nSPS) is 14.3. The predicted octanol–water partition coefficient (Wildman–Crippen LogP) is 5.43. The van der Waals surface area contributed by atoms with Gasteiger partial charge in [-0.15, -0.1) is 0 Å². The summed E-state index contributed by atoms with van der Waals surface area (Å²) in [5, 5.41) is 8.77. The molecule has 0 saturated carbocycles. The fraction of sp³-hybridized carbons (Fsp3) is 0.188. The van der Waals surface area contributed by atoms with Gasteiger partial charge in [0.15, 0.2) is 14.7 Å². The van der Waals surface area contributed by atoms with Gasteiger partial charge in [0.05, 0.1) is 17.6 Å². The molecule has 0 aliphatic rings. The number of carbonyl (C=O) groups is 1. The average Bonchev–Trinajstić information content (AvgIpc) is 2.58. The van der Waals surface area contributed by atoms with Gasteiger partial charge >= 0.3 is 21.9 Å². The van der Waals surface area contributed by atoms with Gasteiger partial charge in [0.1, 0.15) is 16.4 Å². The van der Waals surface area contributed by atoms with Gasteiger partial charge in [-0.25, -0.2) is 18.4 Å². The SMILES string of the molecule is COC(=O)c1cc(S(C)(=O)=O)c(Oc2ccc([N+](=O)O)c(S(F)(F)(F)(F)F)c2)cc1C.